The molecule has 1 heteroatoms. The fraction of sp³-hybridized carbons (Fsp3) is 0.929. The van der Waals surface area contributed by atoms with E-state index < -0.39 is 0 Å². The van der Waals surface area contributed by atoms with E-state index in [4.69, 9.17) is 4.74 Å². The Morgan fingerprint density at radius 3 is 2.52 bits per heavy atom. The quantitative estimate of drug-likeness (QED) is 0.410. The first-order valence-electron chi connectivity index (χ1n) is 13.0. The molecular weight excluding hydrogens is 352 g/mol. The number of fused-ring (bicyclic) bond motifs is 5. The molecule has 0 saturated heterocycles. The number of rotatable bonds is 6. The normalized spacial score (nSPS) is 45.3. The first kappa shape index (κ1) is 21.9. The lowest BCUT2D eigenvalue weighted by Gasteiger charge is -2.58. The van der Waals surface area contributed by atoms with E-state index in [1.54, 1.807) is 5.57 Å². The molecule has 0 aromatic carbocycles. The van der Waals surface area contributed by atoms with Gasteiger partial charge in [0, 0.05) is 7.11 Å². The van der Waals surface area contributed by atoms with Gasteiger partial charge in [0.25, 0.3) is 0 Å². The van der Waals surface area contributed by atoms with Gasteiger partial charge in [-0.3, -0.25) is 0 Å². The highest BCUT2D eigenvalue weighted by molar-refractivity contribution is 5.25. The maximum absolute atomic E-state index is 5.75. The van der Waals surface area contributed by atoms with Gasteiger partial charge in [-0.15, -0.1) is 0 Å². The fourth-order valence-electron chi connectivity index (χ4n) is 8.85. The summed E-state index contributed by atoms with van der Waals surface area (Å²) in [6.45, 7) is 12.7. The van der Waals surface area contributed by atoms with Crippen molar-refractivity contribution in [3.8, 4) is 0 Å². The van der Waals surface area contributed by atoms with Crippen LogP contribution in [0.3, 0.4) is 0 Å². The van der Waals surface area contributed by atoms with E-state index >= 15 is 0 Å². The average Bonchev–Trinajstić information content (AvgIpc) is 3.04. The number of ether oxygens (including phenoxy) is 1. The Kier molecular flexibility index (Phi) is 6.29. The lowest BCUT2D eigenvalue weighted by molar-refractivity contribution is -0.0601. The van der Waals surface area contributed by atoms with Gasteiger partial charge in [-0.1, -0.05) is 65.5 Å². The number of hydrogen-bond acceptors (Lipinski definition) is 1. The van der Waals surface area contributed by atoms with E-state index in [9.17, 15) is 0 Å². The maximum Gasteiger partial charge on any atom is 0.0608 e. The zero-order chi connectivity index (χ0) is 20.8. The van der Waals surface area contributed by atoms with Crippen LogP contribution in [0.5, 0.6) is 0 Å². The van der Waals surface area contributed by atoms with Crippen molar-refractivity contribution in [3.05, 3.63) is 11.6 Å². The summed E-state index contributed by atoms with van der Waals surface area (Å²) in [5, 5.41) is 0. The summed E-state index contributed by atoms with van der Waals surface area (Å²) < 4.78 is 5.75. The summed E-state index contributed by atoms with van der Waals surface area (Å²) in [6, 6.07) is 0. The van der Waals surface area contributed by atoms with Crippen LogP contribution < -0.4 is 0 Å². The largest absolute Gasteiger partial charge is 0.381 e. The van der Waals surface area contributed by atoms with Gasteiger partial charge in [-0.05, 0) is 97.7 Å². The van der Waals surface area contributed by atoms with Crippen molar-refractivity contribution in [1.82, 2.24) is 0 Å². The van der Waals surface area contributed by atoms with E-state index in [1.165, 1.54) is 70.6 Å². The summed E-state index contributed by atoms with van der Waals surface area (Å²) in [4.78, 5) is 0. The van der Waals surface area contributed by atoms with Gasteiger partial charge >= 0.3 is 0 Å². The van der Waals surface area contributed by atoms with E-state index in [2.05, 4.69) is 40.7 Å². The zero-order valence-electron chi connectivity index (χ0n) is 20.3. The number of hydrogen-bond donors (Lipinski definition) is 0. The Hall–Kier alpha value is -0.300. The van der Waals surface area contributed by atoms with Crippen LogP contribution in [-0.4, -0.2) is 13.2 Å². The van der Waals surface area contributed by atoms with Gasteiger partial charge in [0.2, 0.25) is 0 Å². The number of allylic oxidation sites excluding steroid dienone is 1. The van der Waals surface area contributed by atoms with E-state index in [0.717, 1.165) is 35.5 Å². The Bertz CT molecular complexity index is 605. The van der Waals surface area contributed by atoms with Crippen molar-refractivity contribution >= 4 is 0 Å². The van der Waals surface area contributed by atoms with Crippen LogP contribution >= 0.6 is 0 Å². The second-order valence-corrected chi connectivity index (χ2v) is 12.4. The highest BCUT2D eigenvalue weighted by Gasteiger charge is 2.59. The molecule has 4 aliphatic rings. The Balaban J connectivity index is 1.48. The number of methoxy groups -OCH3 is 1. The molecule has 1 nitrogen and oxygen atoms in total. The van der Waals surface area contributed by atoms with Gasteiger partial charge < -0.3 is 4.74 Å². The third kappa shape index (κ3) is 3.77. The lowest BCUT2D eigenvalue weighted by atomic mass is 9.47. The molecule has 166 valence electrons. The van der Waals surface area contributed by atoms with Gasteiger partial charge in [0.1, 0.15) is 0 Å². The first-order chi connectivity index (χ1) is 13.8. The molecule has 3 saturated carbocycles. The molecule has 29 heavy (non-hydrogen) atoms. The monoisotopic (exact) mass is 400 g/mol. The Morgan fingerprint density at radius 2 is 1.79 bits per heavy atom. The van der Waals surface area contributed by atoms with E-state index in [1.807, 2.05) is 7.11 Å². The van der Waals surface area contributed by atoms with E-state index in [0.29, 0.717) is 16.9 Å². The topological polar surface area (TPSA) is 9.23 Å². The lowest BCUT2D eigenvalue weighted by Crippen LogP contribution is -2.50. The Labute approximate surface area is 181 Å². The average molecular weight is 401 g/mol. The molecule has 0 aliphatic heterocycles. The van der Waals surface area contributed by atoms with Crippen LogP contribution in [0.15, 0.2) is 11.6 Å². The molecule has 4 aliphatic carbocycles. The highest BCUT2D eigenvalue weighted by atomic mass is 16.5. The van der Waals surface area contributed by atoms with Gasteiger partial charge in [0.05, 0.1) is 6.10 Å². The van der Waals surface area contributed by atoms with Crippen molar-refractivity contribution in [2.45, 2.75) is 111 Å². The van der Waals surface area contributed by atoms with Crippen LogP contribution in [0.4, 0.5) is 0 Å². The molecule has 4 rings (SSSR count). The summed E-state index contributed by atoms with van der Waals surface area (Å²) in [5.41, 5.74) is 2.85. The molecule has 3 fully saturated rings. The molecule has 0 radical (unpaired) electrons. The fourth-order valence-corrected chi connectivity index (χ4v) is 8.85. The minimum absolute atomic E-state index is 0.472. The summed E-state index contributed by atoms with van der Waals surface area (Å²) in [6.07, 6.45) is 18.7. The predicted octanol–water partition coefficient (Wildman–Crippen LogP) is 8.04. The molecule has 0 aromatic rings. The molecule has 0 aromatic heterocycles. The summed E-state index contributed by atoms with van der Waals surface area (Å²) in [5.74, 6) is 5.63. The molecule has 0 bridgehead atoms. The molecular formula is C28H48O. The second kappa shape index (κ2) is 8.33. The second-order valence-electron chi connectivity index (χ2n) is 12.4. The first-order valence-corrected chi connectivity index (χ1v) is 13.0. The van der Waals surface area contributed by atoms with Crippen LogP contribution in [0.1, 0.15) is 105 Å². The van der Waals surface area contributed by atoms with Gasteiger partial charge in [0.15, 0.2) is 0 Å². The van der Waals surface area contributed by atoms with Crippen molar-refractivity contribution in [2.75, 3.05) is 7.11 Å². The third-order valence-corrected chi connectivity index (χ3v) is 10.6. The van der Waals surface area contributed by atoms with Crippen LogP contribution in [0, 0.1) is 46.3 Å². The smallest absolute Gasteiger partial charge is 0.0608 e. The SMILES string of the molecule is COC1CC[C@@]2(C)C(=CCC3C4CCC(C(C)CCCC(C)C)C4(C)CCC32)C1. The molecule has 0 amide bonds. The zero-order valence-corrected chi connectivity index (χ0v) is 20.3. The van der Waals surface area contributed by atoms with Crippen LogP contribution in [-0.2, 0) is 4.74 Å². The third-order valence-electron chi connectivity index (χ3n) is 10.6. The maximum atomic E-state index is 5.75. The molecule has 0 heterocycles. The molecule has 0 N–H and O–H groups in total. The van der Waals surface area contributed by atoms with Crippen LogP contribution in [0.25, 0.3) is 0 Å². The van der Waals surface area contributed by atoms with Gasteiger partial charge in [-0.25, -0.2) is 0 Å². The van der Waals surface area contributed by atoms with Crippen molar-refractivity contribution in [1.29, 1.82) is 0 Å². The predicted molar refractivity (Wildman–Crippen MR) is 124 cm³/mol. The molecule has 0 spiro atoms. The molecule has 8 atom stereocenters. The minimum Gasteiger partial charge on any atom is -0.381 e. The van der Waals surface area contributed by atoms with Crippen molar-refractivity contribution in [2.24, 2.45) is 46.3 Å². The Morgan fingerprint density at radius 1 is 1.00 bits per heavy atom. The standard InChI is InChI=1S/C28H48O/c1-19(2)8-7-9-20(3)24-12-13-25-23-11-10-21-18-22(29-6)14-16-27(21,4)26(23)15-17-28(24,25)5/h10,19-20,22-26H,7-9,11-18H2,1-6H3/t20?,22?,23?,24?,25?,26?,27-,28?/m0/s1. The minimum atomic E-state index is 0.472. The van der Waals surface area contributed by atoms with Gasteiger partial charge in [-0.2, -0.15) is 0 Å². The summed E-state index contributed by atoms with van der Waals surface area (Å²) >= 11 is 0. The summed E-state index contributed by atoms with van der Waals surface area (Å²) in [7, 11) is 1.91. The highest BCUT2D eigenvalue weighted by Crippen LogP contribution is 2.67. The van der Waals surface area contributed by atoms with Crippen LogP contribution in [0.2, 0.25) is 0 Å². The van der Waals surface area contributed by atoms with Crippen molar-refractivity contribution < 1.29 is 4.74 Å². The van der Waals surface area contributed by atoms with E-state index in [-0.39, 0.29) is 0 Å². The molecule has 7 unspecified atom stereocenters. The van der Waals surface area contributed by atoms with Crippen molar-refractivity contribution in [3.63, 3.8) is 0 Å².